The first-order valence-corrected chi connectivity index (χ1v) is 13.8. The molecule has 0 bridgehead atoms. The largest absolute Gasteiger partial charge is 0.379 e. The summed E-state index contributed by atoms with van der Waals surface area (Å²) in [5.74, 6) is -0.144. The van der Waals surface area contributed by atoms with Crippen LogP contribution in [0.1, 0.15) is 11.1 Å². The third-order valence-electron chi connectivity index (χ3n) is 5.34. The molecule has 0 amide bonds. The Kier molecular flexibility index (Phi) is 7.60. The van der Waals surface area contributed by atoms with E-state index in [9.17, 15) is 37.1 Å². The molecule has 39 heavy (non-hydrogen) atoms. The summed E-state index contributed by atoms with van der Waals surface area (Å²) in [5, 5.41) is 21.5. The molecule has 0 saturated heterocycles. The van der Waals surface area contributed by atoms with E-state index in [0.717, 1.165) is 35.4 Å². The van der Waals surface area contributed by atoms with Gasteiger partial charge < -0.3 is 8.37 Å². The van der Waals surface area contributed by atoms with Crippen molar-refractivity contribution >= 4 is 31.6 Å². The Hall–Kier alpha value is -4.82. The van der Waals surface area contributed by atoms with Gasteiger partial charge in [0, 0.05) is 24.3 Å². The molecule has 0 fully saturated rings. The predicted molar refractivity (Wildman–Crippen MR) is 138 cm³/mol. The average molecular weight is 571 g/mol. The highest BCUT2D eigenvalue weighted by molar-refractivity contribution is 7.87. The molecule has 0 aliphatic heterocycles. The average Bonchev–Trinajstić information content (AvgIpc) is 2.89. The summed E-state index contributed by atoms with van der Waals surface area (Å²) in [6.07, 6.45) is 0.368. The molecule has 0 aromatic heterocycles. The van der Waals surface area contributed by atoms with Crippen LogP contribution in [0.15, 0.2) is 107 Å². The van der Waals surface area contributed by atoms with E-state index in [-0.39, 0.29) is 32.7 Å². The molecular weight excluding hydrogens is 552 g/mol. The van der Waals surface area contributed by atoms with Crippen molar-refractivity contribution < 1.29 is 35.0 Å². The predicted octanol–water partition coefficient (Wildman–Crippen LogP) is 4.63. The molecular formula is C25H18N2O10S2. The molecule has 0 saturated carbocycles. The fourth-order valence-electron chi connectivity index (χ4n) is 3.38. The van der Waals surface area contributed by atoms with Gasteiger partial charge in [0.15, 0.2) is 0 Å². The maximum absolute atomic E-state index is 12.5. The number of benzene rings is 4. The maximum Gasteiger partial charge on any atom is 0.339 e. The van der Waals surface area contributed by atoms with Crippen LogP contribution in [-0.4, -0.2) is 26.7 Å². The van der Waals surface area contributed by atoms with Gasteiger partial charge in [-0.25, -0.2) is 0 Å². The van der Waals surface area contributed by atoms with E-state index in [4.69, 9.17) is 8.37 Å². The minimum absolute atomic E-state index is 0.0720. The smallest absolute Gasteiger partial charge is 0.339 e. The minimum atomic E-state index is -4.17. The van der Waals surface area contributed by atoms with E-state index in [1.54, 1.807) is 24.3 Å². The molecule has 4 rings (SSSR count). The molecule has 0 aliphatic carbocycles. The van der Waals surface area contributed by atoms with Gasteiger partial charge in [0.2, 0.25) is 0 Å². The SMILES string of the molecule is O=[N+]([O-])c1ccc(OS(=O)(=O)c2ccc(Cc3ccc(S(=O)(=O)Oc4ccc([N+](=O)[O-])cc4)cc3)cc2)cc1. The molecule has 0 aliphatic rings. The van der Waals surface area contributed by atoms with Crippen LogP contribution in [0.5, 0.6) is 11.5 Å². The van der Waals surface area contributed by atoms with Gasteiger partial charge >= 0.3 is 20.2 Å². The van der Waals surface area contributed by atoms with Crippen molar-refractivity contribution in [3.05, 3.63) is 128 Å². The van der Waals surface area contributed by atoms with Crippen molar-refractivity contribution in [2.24, 2.45) is 0 Å². The summed E-state index contributed by atoms with van der Waals surface area (Å²) in [4.78, 5) is 20.0. The Morgan fingerprint density at radius 1 is 0.513 bits per heavy atom. The summed E-state index contributed by atoms with van der Waals surface area (Å²) in [5.41, 5.74) is 1.07. The summed E-state index contributed by atoms with van der Waals surface area (Å²) in [6, 6.07) is 21.0. The van der Waals surface area contributed by atoms with Gasteiger partial charge in [-0.2, -0.15) is 16.8 Å². The fraction of sp³-hybridized carbons (Fsp3) is 0.0400. The number of hydrogen-bond donors (Lipinski definition) is 0. The first-order chi connectivity index (χ1) is 18.4. The lowest BCUT2D eigenvalue weighted by molar-refractivity contribution is -0.385. The zero-order valence-corrected chi connectivity index (χ0v) is 21.4. The lowest BCUT2D eigenvalue weighted by atomic mass is 10.1. The number of non-ortho nitro benzene ring substituents is 2. The third-order valence-corrected chi connectivity index (χ3v) is 7.86. The van der Waals surface area contributed by atoms with Crippen LogP contribution in [0, 0.1) is 20.2 Å². The van der Waals surface area contributed by atoms with Crippen LogP contribution in [0.4, 0.5) is 11.4 Å². The molecule has 200 valence electrons. The van der Waals surface area contributed by atoms with Gasteiger partial charge in [-0.1, -0.05) is 24.3 Å². The normalized spacial score (nSPS) is 11.5. The van der Waals surface area contributed by atoms with Crippen LogP contribution in [0.25, 0.3) is 0 Å². The Bertz CT molecular complexity index is 1590. The second-order valence-corrected chi connectivity index (χ2v) is 11.1. The van der Waals surface area contributed by atoms with Crippen molar-refractivity contribution in [2.75, 3.05) is 0 Å². The van der Waals surface area contributed by atoms with Gasteiger partial charge in [0.1, 0.15) is 21.3 Å². The van der Waals surface area contributed by atoms with Crippen molar-refractivity contribution in [1.82, 2.24) is 0 Å². The number of nitro groups is 2. The van der Waals surface area contributed by atoms with Gasteiger partial charge in [0.05, 0.1) is 9.85 Å². The van der Waals surface area contributed by atoms with E-state index in [1.807, 2.05) is 0 Å². The first-order valence-electron chi connectivity index (χ1n) is 11.0. The van der Waals surface area contributed by atoms with Crippen molar-refractivity contribution in [1.29, 1.82) is 0 Å². The van der Waals surface area contributed by atoms with Crippen molar-refractivity contribution in [2.45, 2.75) is 16.2 Å². The molecule has 4 aromatic rings. The van der Waals surface area contributed by atoms with E-state index in [1.165, 1.54) is 48.5 Å². The quantitative estimate of drug-likeness (QED) is 0.149. The molecule has 0 radical (unpaired) electrons. The monoisotopic (exact) mass is 570 g/mol. The van der Waals surface area contributed by atoms with Crippen molar-refractivity contribution in [3.8, 4) is 11.5 Å². The van der Waals surface area contributed by atoms with Crippen LogP contribution in [0.2, 0.25) is 0 Å². The Morgan fingerprint density at radius 3 is 1.10 bits per heavy atom. The van der Waals surface area contributed by atoms with Crippen LogP contribution < -0.4 is 8.37 Å². The minimum Gasteiger partial charge on any atom is -0.379 e. The number of hydrogen-bond acceptors (Lipinski definition) is 10. The van der Waals surface area contributed by atoms with Gasteiger partial charge in [0.25, 0.3) is 11.4 Å². The Balaban J connectivity index is 1.40. The van der Waals surface area contributed by atoms with Crippen LogP contribution in [-0.2, 0) is 26.7 Å². The molecule has 12 nitrogen and oxygen atoms in total. The third kappa shape index (κ3) is 6.74. The molecule has 0 atom stereocenters. The number of nitro benzene ring substituents is 2. The zero-order chi connectivity index (χ0) is 28.2. The van der Waals surface area contributed by atoms with E-state index in [0.29, 0.717) is 6.42 Å². The highest BCUT2D eigenvalue weighted by atomic mass is 32.2. The molecule has 14 heteroatoms. The topological polar surface area (TPSA) is 173 Å². The lowest BCUT2D eigenvalue weighted by Gasteiger charge is -2.09. The highest BCUT2D eigenvalue weighted by Crippen LogP contribution is 2.24. The summed E-state index contributed by atoms with van der Waals surface area (Å²) >= 11 is 0. The molecule has 0 heterocycles. The highest BCUT2D eigenvalue weighted by Gasteiger charge is 2.19. The number of nitrogens with zero attached hydrogens (tertiary/aromatic N) is 2. The second-order valence-electron chi connectivity index (χ2n) is 8.04. The standard InChI is InChI=1S/C25H18N2O10S2/c28-26(29)20-5-9-22(10-6-20)36-38(32,33)24-13-1-18(2-14-24)17-19-3-15-25(16-4-19)39(34,35)37-23-11-7-21(8-12-23)27(30)31/h1-16H,17H2. The fourth-order valence-corrected chi connectivity index (χ4v) is 5.24. The van der Waals surface area contributed by atoms with E-state index in [2.05, 4.69) is 0 Å². The van der Waals surface area contributed by atoms with Crippen molar-refractivity contribution in [3.63, 3.8) is 0 Å². The van der Waals surface area contributed by atoms with E-state index < -0.39 is 30.1 Å². The second kappa shape index (κ2) is 10.9. The van der Waals surface area contributed by atoms with Gasteiger partial charge in [-0.15, -0.1) is 0 Å². The van der Waals surface area contributed by atoms with Crippen LogP contribution in [0.3, 0.4) is 0 Å². The summed E-state index contributed by atoms with van der Waals surface area (Å²) in [6.45, 7) is 0. The van der Waals surface area contributed by atoms with Gasteiger partial charge in [-0.3, -0.25) is 20.2 Å². The molecule has 0 unspecified atom stereocenters. The van der Waals surface area contributed by atoms with Crippen LogP contribution >= 0.6 is 0 Å². The molecule has 4 aromatic carbocycles. The first kappa shape index (κ1) is 27.2. The Morgan fingerprint density at radius 2 is 0.821 bits per heavy atom. The summed E-state index contributed by atoms with van der Waals surface area (Å²) < 4.78 is 60.2. The molecule has 0 N–H and O–H groups in total. The Labute approximate surface area is 222 Å². The van der Waals surface area contributed by atoms with E-state index >= 15 is 0 Å². The molecule has 0 spiro atoms. The van der Waals surface area contributed by atoms with Gasteiger partial charge in [-0.05, 0) is 66.1 Å². The lowest BCUT2D eigenvalue weighted by Crippen LogP contribution is -2.10. The maximum atomic E-state index is 12.5. The summed E-state index contributed by atoms with van der Waals surface area (Å²) in [7, 11) is -8.35. The number of rotatable bonds is 10. The zero-order valence-electron chi connectivity index (χ0n) is 19.7.